The predicted molar refractivity (Wildman–Crippen MR) is 65.8 cm³/mol. The zero-order valence-corrected chi connectivity index (χ0v) is 10.7. The molecule has 0 aromatic carbocycles. The number of hydrogen-bond acceptors (Lipinski definition) is 3. The Hall–Kier alpha value is -1.36. The molecule has 1 aliphatic rings. The molecule has 0 unspecified atom stereocenters. The number of hydrogen-bond donors (Lipinski definition) is 1. The van der Waals surface area contributed by atoms with Crippen molar-refractivity contribution in [2.75, 3.05) is 20.1 Å². The van der Waals surface area contributed by atoms with E-state index in [2.05, 4.69) is 29.3 Å². The lowest BCUT2D eigenvalue weighted by Crippen LogP contribution is -2.52. The molecule has 1 aliphatic heterocycles. The quantitative estimate of drug-likeness (QED) is 0.819. The van der Waals surface area contributed by atoms with Crippen LogP contribution >= 0.6 is 0 Å². The number of piperidine rings is 1. The lowest BCUT2D eigenvalue weighted by atomic mass is 9.89. The van der Waals surface area contributed by atoms with Gasteiger partial charge in [0.05, 0.1) is 11.8 Å². The van der Waals surface area contributed by atoms with Crippen LogP contribution in [0.1, 0.15) is 30.1 Å². The van der Waals surface area contributed by atoms with E-state index < -0.39 is 0 Å². The minimum Gasteiger partial charge on any atom is -0.347 e. The molecule has 0 aliphatic carbocycles. The first-order chi connectivity index (χ1) is 7.98. The van der Waals surface area contributed by atoms with Gasteiger partial charge in [0.2, 0.25) is 0 Å². The summed E-state index contributed by atoms with van der Waals surface area (Å²) >= 11 is 0. The summed E-state index contributed by atoms with van der Waals surface area (Å²) in [7, 11) is 3.93. The van der Waals surface area contributed by atoms with Crippen LogP contribution in [0.15, 0.2) is 12.4 Å². The highest BCUT2D eigenvalue weighted by molar-refractivity contribution is 5.94. The molecule has 1 amide bonds. The van der Waals surface area contributed by atoms with Crippen LogP contribution in [0.25, 0.3) is 0 Å². The third kappa shape index (κ3) is 2.85. The first kappa shape index (κ1) is 12.1. The fourth-order valence-electron chi connectivity index (χ4n) is 2.12. The average Bonchev–Trinajstić information content (AvgIpc) is 2.70. The molecule has 0 atom stereocenters. The highest BCUT2D eigenvalue weighted by Gasteiger charge is 2.30. The maximum Gasteiger partial charge on any atom is 0.254 e. The summed E-state index contributed by atoms with van der Waals surface area (Å²) < 4.78 is 1.64. The van der Waals surface area contributed by atoms with Gasteiger partial charge in [0.1, 0.15) is 0 Å². The number of nitrogens with zero attached hydrogens (tertiary/aromatic N) is 3. The molecule has 2 heterocycles. The van der Waals surface area contributed by atoms with Crippen LogP contribution in [-0.4, -0.2) is 46.3 Å². The second-order valence-electron chi connectivity index (χ2n) is 5.22. The molecule has 0 saturated carbocycles. The number of carbonyl (C=O) groups is 1. The van der Waals surface area contributed by atoms with Gasteiger partial charge in [-0.3, -0.25) is 9.48 Å². The van der Waals surface area contributed by atoms with E-state index in [9.17, 15) is 4.79 Å². The molecule has 1 fully saturated rings. The van der Waals surface area contributed by atoms with Crippen LogP contribution in [0, 0.1) is 0 Å². The van der Waals surface area contributed by atoms with Gasteiger partial charge in [0.25, 0.3) is 5.91 Å². The van der Waals surface area contributed by atoms with Gasteiger partial charge in [-0.05, 0) is 26.8 Å². The second kappa shape index (κ2) is 4.49. The molecule has 0 bridgehead atoms. The average molecular weight is 236 g/mol. The maximum atomic E-state index is 12.0. The molecule has 1 N–H and O–H groups in total. The minimum atomic E-state index is -0.0839. The largest absolute Gasteiger partial charge is 0.347 e. The summed E-state index contributed by atoms with van der Waals surface area (Å²) in [5.41, 5.74) is 0.548. The lowest BCUT2D eigenvalue weighted by molar-refractivity contribution is 0.0852. The molecule has 1 aromatic rings. The molecule has 2 rings (SSSR count). The summed E-state index contributed by atoms with van der Waals surface area (Å²) in [6.07, 6.45) is 5.34. The van der Waals surface area contributed by atoms with Crippen LogP contribution in [0.3, 0.4) is 0 Å². The van der Waals surface area contributed by atoms with Gasteiger partial charge in [-0.15, -0.1) is 0 Å². The Bertz CT molecular complexity index is 404. The van der Waals surface area contributed by atoms with Crippen molar-refractivity contribution < 1.29 is 4.79 Å². The van der Waals surface area contributed by atoms with Gasteiger partial charge < -0.3 is 10.2 Å². The van der Waals surface area contributed by atoms with Crippen LogP contribution in [0.2, 0.25) is 0 Å². The van der Waals surface area contributed by atoms with Gasteiger partial charge in [-0.25, -0.2) is 0 Å². The van der Waals surface area contributed by atoms with Crippen molar-refractivity contribution in [1.82, 2.24) is 20.0 Å². The summed E-state index contributed by atoms with van der Waals surface area (Å²) in [5.74, 6) is -0.0230. The topological polar surface area (TPSA) is 50.2 Å². The smallest absolute Gasteiger partial charge is 0.254 e. The molecular weight excluding hydrogens is 216 g/mol. The Kier molecular flexibility index (Phi) is 3.19. The third-order valence-electron chi connectivity index (χ3n) is 3.47. The standard InChI is InChI=1S/C12H20N4O/c1-12(4-6-15(2)7-5-12)14-11(17)10-8-13-16(3)9-10/h8-9H,4-7H2,1-3H3,(H,14,17). The molecule has 1 saturated heterocycles. The van der Waals surface area contributed by atoms with Crippen molar-refractivity contribution in [2.24, 2.45) is 7.05 Å². The molecule has 94 valence electrons. The zero-order chi connectivity index (χ0) is 12.5. The highest BCUT2D eigenvalue weighted by Crippen LogP contribution is 2.21. The monoisotopic (exact) mass is 236 g/mol. The minimum absolute atomic E-state index is 0.0230. The van der Waals surface area contributed by atoms with Gasteiger partial charge in [0.15, 0.2) is 0 Å². The van der Waals surface area contributed by atoms with Crippen LogP contribution < -0.4 is 5.32 Å². The lowest BCUT2D eigenvalue weighted by Gasteiger charge is -2.38. The number of aryl methyl sites for hydroxylation is 1. The number of rotatable bonds is 2. The van der Waals surface area contributed by atoms with E-state index in [0.717, 1.165) is 25.9 Å². The van der Waals surface area contributed by atoms with E-state index >= 15 is 0 Å². The van der Waals surface area contributed by atoms with E-state index in [1.165, 1.54) is 0 Å². The van der Waals surface area contributed by atoms with Crippen molar-refractivity contribution >= 4 is 5.91 Å². The fourth-order valence-corrected chi connectivity index (χ4v) is 2.12. The van der Waals surface area contributed by atoms with Crippen molar-refractivity contribution in [1.29, 1.82) is 0 Å². The van der Waals surface area contributed by atoms with Crippen molar-refractivity contribution in [3.8, 4) is 0 Å². The second-order valence-corrected chi connectivity index (χ2v) is 5.22. The first-order valence-electron chi connectivity index (χ1n) is 5.98. The Morgan fingerprint density at radius 2 is 2.06 bits per heavy atom. The van der Waals surface area contributed by atoms with Crippen LogP contribution in [0.4, 0.5) is 0 Å². The summed E-state index contributed by atoms with van der Waals surface area (Å²) in [6.45, 7) is 4.18. The van der Waals surface area contributed by atoms with E-state index in [1.54, 1.807) is 17.1 Å². The molecule has 0 spiro atoms. The number of aromatic nitrogens is 2. The van der Waals surface area contributed by atoms with Crippen molar-refractivity contribution in [3.05, 3.63) is 18.0 Å². The molecule has 1 aromatic heterocycles. The highest BCUT2D eigenvalue weighted by atomic mass is 16.1. The number of carbonyl (C=O) groups excluding carboxylic acids is 1. The van der Waals surface area contributed by atoms with E-state index in [4.69, 9.17) is 0 Å². The normalized spacial score (nSPS) is 20.2. The molecular formula is C12H20N4O. The van der Waals surface area contributed by atoms with Gasteiger partial charge >= 0.3 is 0 Å². The van der Waals surface area contributed by atoms with Gasteiger partial charge in [-0.1, -0.05) is 0 Å². The molecule has 5 nitrogen and oxygen atoms in total. The fraction of sp³-hybridized carbons (Fsp3) is 0.667. The van der Waals surface area contributed by atoms with E-state index in [0.29, 0.717) is 5.56 Å². The summed E-state index contributed by atoms with van der Waals surface area (Å²) in [4.78, 5) is 14.3. The number of amides is 1. The number of likely N-dealkylation sites (tertiary alicyclic amines) is 1. The first-order valence-corrected chi connectivity index (χ1v) is 5.98. The van der Waals surface area contributed by atoms with Crippen molar-refractivity contribution in [3.63, 3.8) is 0 Å². The maximum absolute atomic E-state index is 12.0. The zero-order valence-electron chi connectivity index (χ0n) is 10.7. The Labute approximate surface area is 102 Å². The van der Waals surface area contributed by atoms with E-state index in [-0.39, 0.29) is 11.4 Å². The number of nitrogens with one attached hydrogen (secondary N) is 1. The molecule has 5 heteroatoms. The SMILES string of the molecule is CN1CCC(C)(NC(=O)c2cnn(C)c2)CC1. The van der Waals surface area contributed by atoms with Gasteiger partial charge in [0, 0.05) is 31.9 Å². The van der Waals surface area contributed by atoms with Crippen molar-refractivity contribution in [2.45, 2.75) is 25.3 Å². The Balaban J connectivity index is 1.98. The summed E-state index contributed by atoms with van der Waals surface area (Å²) in [6, 6.07) is 0. The Morgan fingerprint density at radius 1 is 1.41 bits per heavy atom. The van der Waals surface area contributed by atoms with Crippen LogP contribution in [0.5, 0.6) is 0 Å². The third-order valence-corrected chi connectivity index (χ3v) is 3.47. The molecule has 17 heavy (non-hydrogen) atoms. The van der Waals surface area contributed by atoms with Crippen LogP contribution in [-0.2, 0) is 7.05 Å². The predicted octanol–water partition coefficient (Wildman–Crippen LogP) is 0.634. The molecule has 0 radical (unpaired) electrons. The van der Waals surface area contributed by atoms with E-state index in [1.807, 2.05) is 7.05 Å². The van der Waals surface area contributed by atoms with Gasteiger partial charge in [-0.2, -0.15) is 5.10 Å². The Morgan fingerprint density at radius 3 is 2.59 bits per heavy atom. The summed E-state index contributed by atoms with van der Waals surface area (Å²) in [5, 5.41) is 7.14.